The molecule has 0 atom stereocenters. The van der Waals surface area contributed by atoms with Gasteiger partial charge in [-0.1, -0.05) is 13.0 Å². The lowest BCUT2D eigenvalue weighted by molar-refractivity contribution is -0.645. The molecule has 17 heavy (non-hydrogen) atoms. The number of benzene rings is 1. The van der Waals surface area contributed by atoms with Crippen molar-refractivity contribution in [2.45, 2.75) is 13.3 Å². The van der Waals surface area contributed by atoms with E-state index in [0.717, 1.165) is 11.9 Å². The number of aryl methyl sites for hydroxylation is 2. The van der Waals surface area contributed by atoms with Gasteiger partial charge >= 0.3 is 0 Å². The van der Waals surface area contributed by atoms with Crippen LogP contribution in [0.25, 0.3) is 21.8 Å². The molecule has 3 aromatic rings. The molecule has 3 rings (SSSR count). The van der Waals surface area contributed by atoms with E-state index in [4.69, 9.17) is 0 Å². The van der Waals surface area contributed by atoms with Crippen LogP contribution in [0.1, 0.15) is 12.5 Å². The monoisotopic (exact) mass is 223 g/mol. The highest BCUT2D eigenvalue weighted by Crippen LogP contribution is 2.21. The lowest BCUT2D eigenvalue weighted by Crippen LogP contribution is -2.29. The lowest BCUT2D eigenvalue weighted by atomic mass is 10.1. The van der Waals surface area contributed by atoms with Crippen molar-refractivity contribution < 1.29 is 4.57 Å². The Kier molecular flexibility index (Phi) is 2.29. The summed E-state index contributed by atoms with van der Waals surface area (Å²) in [5.74, 6) is 0. The van der Waals surface area contributed by atoms with Crippen LogP contribution in [-0.2, 0) is 13.5 Å². The molecule has 0 fully saturated rings. The summed E-state index contributed by atoms with van der Waals surface area (Å²) in [4.78, 5) is 4.51. The first-order valence-electron chi connectivity index (χ1n) is 5.95. The van der Waals surface area contributed by atoms with E-state index in [-0.39, 0.29) is 0 Å². The molecular weight excluding hydrogens is 208 g/mol. The Morgan fingerprint density at radius 3 is 2.94 bits per heavy atom. The predicted octanol–water partition coefficient (Wildman–Crippen LogP) is 2.77. The maximum absolute atomic E-state index is 4.51. The minimum Gasteiger partial charge on any atom is -0.255 e. The van der Waals surface area contributed by atoms with Gasteiger partial charge in [0.15, 0.2) is 6.20 Å². The average molecular weight is 223 g/mol. The fourth-order valence-corrected chi connectivity index (χ4v) is 2.34. The number of nitrogens with zero attached hydrogens (tertiary/aromatic N) is 2. The molecule has 2 heteroatoms. The first-order valence-corrected chi connectivity index (χ1v) is 5.95. The Morgan fingerprint density at radius 1 is 1.24 bits per heavy atom. The topological polar surface area (TPSA) is 16.8 Å². The van der Waals surface area contributed by atoms with E-state index < -0.39 is 0 Å². The molecule has 2 heterocycles. The third-order valence-electron chi connectivity index (χ3n) is 3.27. The number of pyridine rings is 2. The third-order valence-corrected chi connectivity index (χ3v) is 3.27. The Hall–Kier alpha value is -1.96. The fourth-order valence-electron chi connectivity index (χ4n) is 2.34. The van der Waals surface area contributed by atoms with Crippen LogP contribution < -0.4 is 4.57 Å². The summed E-state index contributed by atoms with van der Waals surface area (Å²) in [6, 6.07) is 10.7. The van der Waals surface area contributed by atoms with E-state index in [1.807, 2.05) is 12.3 Å². The van der Waals surface area contributed by atoms with Crippen molar-refractivity contribution in [2.24, 2.45) is 7.05 Å². The highest BCUT2D eigenvalue weighted by Gasteiger charge is 2.10. The van der Waals surface area contributed by atoms with Gasteiger partial charge in [0.1, 0.15) is 7.05 Å². The average Bonchev–Trinajstić information content (AvgIpc) is 2.38. The van der Waals surface area contributed by atoms with Crippen LogP contribution in [0.5, 0.6) is 0 Å². The molecule has 0 bridgehead atoms. The zero-order valence-corrected chi connectivity index (χ0v) is 10.1. The van der Waals surface area contributed by atoms with Crippen molar-refractivity contribution in [3.05, 3.63) is 48.3 Å². The van der Waals surface area contributed by atoms with Crippen LogP contribution in [0.2, 0.25) is 0 Å². The lowest BCUT2D eigenvalue weighted by Gasteiger charge is -2.03. The molecule has 0 aliphatic carbocycles. The second kappa shape index (κ2) is 3.81. The first-order chi connectivity index (χ1) is 8.29. The summed E-state index contributed by atoms with van der Waals surface area (Å²) < 4.78 is 2.18. The van der Waals surface area contributed by atoms with E-state index in [1.165, 1.54) is 21.9 Å². The van der Waals surface area contributed by atoms with Crippen LogP contribution in [0.3, 0.4) is 0 Å². The molecule has 0 spiro atoms. The summed E-state index contributed by atoms with van der Waals surface area (Å²) in [6.07, 6.45) is 5.10. The second-order valence-electron chi connectivity index (χ2n) is 4.39. The van der Waals surface area contributed by atoms with Crippen LogP contribution in [-0.4, -0.2) is 4.98 Å². The first kappa shape index (κ1) is 10.2. The zero-order chi connectivity index (χ0) is 11.8. The predicted molar refractivity (Wildman–Crippen MR) is 69.8 cm³/mol. The maximum Gasteiger partial charge on any atom is 0.214 e. The minimum atomic E-state index is 1.05. The zero-order valence-electron chi connectivity index (χ0n) is 10.1. The van der Waals surface area contributed by atoms with Gasteiger partial charge in [-0.2, -0.15) is 0 Å². The molecule has 2 aromatic heterocycles. The van der Waals surface area contributed by atoms with Crippen LogP contribution in [0.15, 0.2) is 42.7 Å². The molecule has 0 N–H and O–H groups in total. The van der Waals surface area contributed by atoms with Gasteiger partial charge in [-0.3, -0.25) is 4.98 Å². The SMILES string of the molecule is CCc1cc2c3ncccc3ccc2[n+](C)c1. The van der Waals surface area contributed by atoms with Gasteiger partial charge in [0, 0.05) is 23.2 Å². The van der Waals surface area contributed by atoms with Crippen molar-refractivity contribution in [3.63, 3.8) is 0 Å². The second-order valence-corrected chi connectivity index (χ2v) is 4.39. The summed E-state index contributed by atoms with van der Waals surface area (Å²) >= 11 is 0. The van der Waals surface area contributed by atoms with Crippen LogP contribution in [0.4, 0.5) is 0 Å². The minimum absolute atomic E-state index is 1.05. The smallest absolute Gasteiger partial charge is 0.214 e. The fraction of sp³-hybridized carbons (Fsp3) is 0.200. The van der Waals surface area contributed by atoms with Crippen molar-refractivity contribution >= 4 is 21.8 Å². The molecule has 0 radical (unpaired) electrons. The molecule has 0 aliphatic rings. The van der Waals surface area contributed by atoms with Gasteiger partial charge < -0.3 is 0 Å². The van der Waals surface area contributed by atoms with Crippen molar-refractivity contribution in [1.82, 2.24) is 4.98 Å². The summed E-state index contributed by atoms with van der Waals surface area (Å²) in [7, 11) is 2.09. The standard InChI is InChI=1S/C15H15N2/c1-3-11-9-13-14(17(2)10-11)7-6-12-5-4-8-16-15(12)13/h4-10H,3H2,1-2H3/q+1. The molecular formula is C15H15N2+. The van der Waals surface area contributed by atoms with E-state index in [1.54, 1.807) is 0 Å². The Labute approximate surface area is 101 Å². The van der Waals surface area contributed by atoms with Crippen molar-refractivity contribution in [2.75, 3.05) is 0 Å². The highest BCUT2D eigenvalue weighted by molar-refractivity contribution is 6.02. The van der Waals surface area contributed by atoms with Gasteiger partial charge in [-0.15, -0.1) is 0 Å². The van der Waals surface area contributed by atoms with Gasteiger partial charge in [0.25, 0.3) is 0 Å². The molecule has 1 aromatic carbocycles. The molecule has 0 saturated heterocycles. The Balaban J connectivity index is 2.51. The summed E-state index contributed by atoms with van der Waals surface area (Å²) in [5.41, 5.74) is 3.67. The molecule has 0 aliphatic heterocycles. The summed E-state index contributed by atoms with van der Waals surface area (Å²) in [6.45, 7) is 2.18. The maximum atomic E-state index is 4.51. The number of fused-ring (bicyclic) bond motifs is 3. The molecule has 0 unspecified atom stereocenters. The molecule has 2 nitrogen and oxygen atoms in total. The molecule has 84 valence electrons. The van der Waals surface area contributed by atoms with E-state index in [2.05, 4.69) is 54.0 Å². The van der Waals surface area contributed by atoms with E-state index in [9.17, 15) is 0 Å². The molecule has 0 saturated carbocycles. The quantitative estimate of drug-likeness (QED) is 0.458. The Bertz CT molecular complexity index is 702. The number of hydrogen-bond acceptors (Lipinski definition) is 1. The van der Waals surface area contributed by atoms with Crippen LogP contribution in [0, 0.1) is 0 Å². The number of aromatic nitrogens is 2. The summed E-state index contributed by atoms with van der Waals surface area (Å²) in [5, 5.41) is 2.44. The van der Waals surface area contributed by atoms with Gasteiger partial charge in [-0.05, 0) is 24.6 Å². The van der Waals surface area contributed by atoms with Gasteiger partial charge in [0.2, 0.25) is 5.52 Å². The largest absolute Gasteiger partial charge is 0.255 e. The highest BCUT2D eigenvalue weighted by atomic mass is 14.9. The molecule has 0 amide bonds. The van der Waals surface area contributed by atoms with E-state index in [0.29, 0.717) is 0 Å². The van der Waals surface area contributed by atoms with Gasteiger partial charge in [-0.25, -0.2) is 4.57 Å². The Morgan fingerprint density at radius 2 is 2.12 bits per heavy atom. The van der Waals surface area contributed by atoms with E-state index >= 15 is 0 Å². The third kappa shape index (κ3) is 1.57. The number of hydrogen-bond donors (Lipinski definition) is 0. The van der Waals surface area contributed by atoms with Crippen molar-refractivity contribution in [1.29, 1.82) is 0 Å². The number of rotatable bonds is 1. The van der Waals surface area contributed by atoms with Crippen LogP contribution >= 0.6 is 0 Å². The normalized spacial score (nSPS) is 11.2. The van der Waals surface area contributed by atoms with Gasteiger partial charge in [0.05, 0.1) is 10.9 Å². The van der Waals surface area contributed by atoms with Crippen molar-refractivity contribution in [3.8, 4) is 0 Å².